The molecular weight excluding hydrogens is 430 g/mol. The third kappa shape index (κ3) is 6.11. The highest BCUT2D eigenvalue weighted by atomic mass is 32.1. The van der Waals surface area contributed by atoms with E-state index in [1.807, 2.05) is 74.6 Å². The molecule has 0 aliphatic rings. The summed E-state index contributed by atoms with van der Waals surface area (Å²) in [5, 5.41) is 17.1. The van der Waals surface area contributed by atoms with Crippen molar-refractivity contribution in [2.75, 3.05) is 24.3 Å². The van der Waals surface area contributed by atoms with Crippen LogP contribution in [0.15, 0.2) is 41.8 Å². The Morgan fingerprint density at radius 1 is 1.13 bits per heavy atom. The number of benzene rings is 1. The van der Waals surface area contributed by atoms with E-state index in [2.05, 4.69) is 20.8 Å². The molecule has 7 nitrogen and oxygen atoms in total. The topological polar surface area (TPSA) is 87.2 Å². The van der Waals surface area contributed by atoms with E-state index < -0.39 is 6.04 Å². The van der Waals surface area contributed by atoms with Crippen molar-refractivity contribution in [1.29, 1.82) is 0 Å². The molecular formula is C22H27N5O2S2. The van der Waals surface area contributed by atoms with Gasteiger partial charge in [0.1, 0.15) is 11.0 Å². The Labute approximate surface area is 190 Å². The number of amides is 2. The zero-order chi connectivity index (χ0) is 22.4. The van der Waals surface area contributed by atoms with Gasteiger partial charge in [0.25, 0.3) is 0 Å². The first-order valence-corrected chi connectivity index (χ1v) is 11.8. The van der Waals surface area contributed by atoms with Gasteiger partial charge in [-0.05, 0) is 41.6 Å². The molecule has 0 saturated heterocycles. The second-order valence-electron chi connectivity index (χ2n) is 7.53. The average Bonchev–Trinajstić information content (AvgIpc) is 3.43. The molecule has 0 spiro atoms. The number of thiophene rings is 1. The quantitative estimate of drug-likeness (QED) is 0.506. The molecule has 31 heavy (non-hydrogen) atoms. The van der Waals surface area contributed by atoms with Crippen molar-refractivity contribution >= 4 is 45.3 Å². The summed E-state index contributed by atoms with van der Waals surface area (Å²) in [7, 11) is 3.97. The SMILES string of the molecule is CCC(C)C(NC(=O)Cc1cccs1)C(=O)Nc1nnc(-c2ccc(N(C)C)cc2)s1. The molecule has 2 heterocycles. The van der Waals surface area contributed by atoms with Gasteiger partial charge >= 0.3 is 0 Å². The van der Waals surface area contributed by atoms with Crippen molar-refractivity contribution in [2.45, 2.75) is 32.7 Å². The molecule has 0 aliphatic heterocycles. The van der Waals surface area contributed by atoms with E-state index in [0.29, 0.717) is 5.13 Å². The predicted molar refractivity (Wildman–Crippen MR) is 128 cm³/mol. The first-order valence-electron chi connectivity index (χ1n) is 10.1. The molecule has 3 rings (SSSR count). The molecule has 2 unspecified atom stereocenters. The summed E-state index contributed by atoms with van der Waals surface area (Å²) >= 11 is 2.83. The summed E-state index contributed by atoms with van der Waals surface area (Å²) in [5.41, 5.74) is 2.03. The van der Waals surface area contributed by atoms with E-state index in [1.165, 1.54) is 22.7 Å². The van der Waals surface area contributed by atoms with Crippen molar-refractivity contribution in [1.82, 2.24) is 15.5 Å². The van der Waals surface area contributed by atoms with Gasteiger partial charge in [-0.15, -0.1) is 21.5 Å². The second-order valence-corrected chi connectivity index (χ2v) is 9.54. The maximum Gasteiger partial charge on any atom is 0.249 e. The third-order valence-corrected chi connectivity index (χ3v) is 6.78. The van der Waals surface area contributed by atoms with E-state index in [1.54, 1.807) is 0 Å². The van der Waals surface area contributed by atoms with Crippen molar-refractivity contribution in [2.24, 2.45) is 5.92 Å². The fourth-order valence-corrected chi connectivity index (χ4v) is 4.43. The lowest BCUT2D eigenvalue weighted by Gasteiger charge is -2.22. The third-order valence-electron chi connectivity index (χ3n) is 5.01. The molecule has 2 amide bonds. The van der Waals surface area contributed by atoms with Crippen molar-refractivity contribution in [3.8, 4) is 10.6 Å². The van der Waals surface area contributed by atoms with Crippen LogP contribution in [0.2, 0.25) is 0 Å². The van der Waals surface area contributed by atoms with Crippen LogP contribution in [0.5, 0.6) is 0 Å². The first-order chi connectivity index (χ1) is 14.9. The molecule has 0 fully saturated rings. The molecule has 2 N–H and O–H groups in total. The fraction of sp³-hybridized carbons (Fsp3) is 0.364. The van der Waals surface area contributed by atoms with Crippen LogP contribution in [0.25, 0.3) is 10.6 Å². The Balaban J connectivity index is 1.66. The largest absolute Gasteiger partial charge is 0.378 e. The lowest BCUT2D eigenvalue weighted by atomic mass is 9.98. The average molecular weight is 458 g/mol. The number of carbonyl (C=O) groups is 2. The fourth-order valence-electron chi connectivity index (χ4n) is 2.97. The molecule has 0 bridgehead atoms. The van der Waals surface area contributed by atoms with Gasteiger partial charge in [-0.3, -0.25) is 14.9 Å². The predicted octanol–water partition coefficient (Wildman–Crippen LogP) is 4.04. The number of rotatable bonds is 9. The zero-order valence-corrected chi connectivity index (χ0v) is 19.7. The highest BCUT2D eigenvalue weighted by Crippen LogP contribution is 2.28. The van der Waals surface area contributed by atoms with Gasteiger partial charge in [0.15, 0.2) is 0 Å². The van der Waals surface area contributed by atoms with Crippen LogP contribution in [0.3, 0.4) is 0 Å². The van der Waals surface area contributed by atoms with Crippen LogP contribution in [-0.2, 0) is 16.0 Å². The van der Waals surface area contributed by atoms with Gasteiger partial charge < -0.3 is 10.2 Å². The Hall–Kier alpha value is -2.78. The van der Waals surface area contributed by atoms with Gasteiger partial charge in [-0.2, -0.15) is 0 Å². The van der Waals surface area contributed by atoms with Gasteiger partial charge in [-0.25, -0.2) is 0 Å². The smallest absolute Gasteiger partial charge is 0.249 e. The summed E-state index contributed by atoms with van der Waals surface area (Å²) in [6.45, 7) is 3.95. The van der Waals surface area contributed by atoms with Crippen molar-refractivity contribution < 1.29 is 9.59 Å². The highest BCUT2D eigenvalue weighted by Gasteiger charge is 2.27. The van der Waals surface area contributed by atoms with Crippen molar-refractivity contribution in [3.63, 3.8) is 0 Å². The Kier molecular flexibility index (Phi) is 7.75. The summed E-state index contributed by atoms with van der Waals surface area (Å²) in [5.74, 6) is -0.459. The first kappa shape index (κ1) is 22.9. The number of nitrogens with one attached hydrogen (secondary N) is 2. The maximum absolute atomic E-state index is 12.9. The normalized spacial score (nSPS) is 12.8. The lowest BCUT2D eigenvalue weighted by molar-refractivity contribution is -0.127. The van der Waals surface area contributed by atoms with Crippen LogP contribution >= 0.6 is 22.7 Å². The number of nitrogens with zero attached hydrogens (tertiary/aromatic N) is 3. The molecule has 2 atom stereocenters. The van der Waals surface area contributed by atoms with E-state index in [9.17, 15) is 9.59 Å². The molecule has 0 saturated carbocycles. The minimum absolute atomic E-state index is 0.0155. The van der Waals surface area contributed by atoms with Gasteiger partial charge in [0.05, 0.1) is 6.42 Å². The zero-order valence-electron chi connectivity index (χ0n) is 18.1. The van der Waals surface area contributed by atoms with E-state index in [-0.39, 0.29) is 24.2 Å². The van der Waals surface area contributed by atoms with Gasteiger partial charge in [0, 0.05) is 30.2 Å². The van der Waals surface area contributed by atoms with Crippen LogP contribution in [0, 0.1) is 5.92 Å². The monoisotopic (exact) mass is 457 g/mol. The molecule has 164 valence electrons. The number of hydrogen-bond acceptors (Lipinski definition) is 7. The van der Waals surface area contributed by atoms with Gasteiger partial charge in [-0.1, -0.05) is 37.7 Å². The van der Waals surface area contributed by atoms with Gasteiger partial charge in [0.2, 0.25) is 16.9 Å². The molecule has 2 aromatic heterocycles. The second kappa shape index (κ2) is 10.5. The molecule has 0 radical (unpaired) electrons. The lowest BCUT2D eigenvalue weighted by Crippen LogP contribution is -2.48. The van der Waals surface area contributed by atoms with Crippen LogP contribution in [0.4, 0.5) is 10.8 Å². The Morgan fingerprint density at radius 3 is 2.48 bits per heavy atom. The Morgan fingerprint density at radius 2 is 1.87 bits per heavy atom. The number of aromatic nitrogens is 2. The summed E-state index contributed by atoms with van der Waals surface area (Å²) in [6, 6.07) is 11.2. The van der Waals surface area contributed by atoms with E-state index in [0.717, 1.165) is 27.6 Å². The Bertz CT molecular complexity index is 999. The standard InChI is InChI=1S/C22H27N5O2S2/c1-5-14(2)19(23-18(28)13-17-7-6-12-30-17)20(29)24-22-26-25-21(31-22)15-8-10-16(11-9-15)27(3)4/h6-12,14,19H,5,13H2,1-4H3,(H,23,28)(H,24,26,29). The van der Waals surface area contributed by atoms with Crippen molar-refractivity contribution in [3.05, 3.63) is 46.7 Å². The molecule has 9 heteroatoms. The van der Waals surface area contributed by atoms with E-state index in [4.69, 9.17) is 0 Å². The van der Waals surface area contributed by atoms with Crippen LogP contribution < -0.4 is 15.5 Å². The summed E-state index contributed by atoms with van der Waals surface area (Å²) < 4.78 is 0. The molecule has 3 aromatic rings. The van der Waals surface area contributed by atoms with Crippen LogP contribution in [0.1, 0.15) is 25.1 Å². The summed E-state index contributed by atoms with van der Waals surface area (Å²) in [4.78, 5) is 28.4. The molecule has 0 aliphatic carbocycles. The number of carbonyl (C=O) groups excluding carboxylic acids is 2. The minimum Gasteiger partial charge on any atom is -0.378 e. The highest BCUT2D eigenvalue weighted by molar-refractivity contribution is 7.18. The van der Waals surface area contributed by atoms with E-state index >= 15 is 0 Å². The van der Waals surface area contributed by atoms with Crippen LogP contribution in [-0.4, -0.2) is 42.1 Å². The maximum atomic E-state index is 12.9. The molecule has 1 aromatic carbocycles. The number of anilines is 2. The number of hydrogen-bond donors (Lipinski definition) is 2. The minimum atomic E-state index is -0.635. The summed E-state index contributed by atoms with van der Waals surface area (Å²) in [6.07, 6.45) is 1.03.